The predicted octanol–water partition coefficient (Wildman–Crippen LogP) is 3.15. The maximum absolute atomic E-state index is 12.1. The van der Waals surface area contributed by atoms with Crippen molar-refractivity contribution in [3.63, 3.8) is 0 Å². The zero-order valence-electron chi connectivity index (χ0n) is 15.4. The van der Waals surface area contributed by atoms with Gasteiger partial charge >= 0.3 is 5.69 Å². The van der Waals surface area contributed by atoms with Crippen molar-refractivity contribution in [1.29, 1.82) is 0 Å². The third-order valence-electron chi connectivity index (χ3n) is 3.73. The Morgan fingerprint density at radius 1 is 1.14 bits per heavy atom. The highest BCUT2D eigenvalue weighted by Gasteiger charge is 2.16. The molecule has 10 nitrogen and oxygen atoms in total. The molecule has 0 saturated heterocycles. The zero-order valence-corrected chi connectivity index (χ0v) is 16.3. The van der Waals surface area contributed by atoms with Crippen molar-refractivity contribution in [1.82, 2.24) is 9.36 Å². The highest BCUT2D eigenvalue weighted by atomic mass is 32.1. The van der Waals surface area contributed by atoms with E-state index >= 15 is 0 Å². The molecular formula is C18H16N4O6S. The van der Waals surface area contributed by atoms with Gasteiger partial charge in [0, 0.05) is 23.2 Å². The summed E-state index contributed by atoms with van der Waals surface area (Å²) in [7, 11) is 3.07. The van der Waals surface area contributed by atoms with E-state index in [4.69, 9.17) is 14.2 Å². The SMILES string of the molecule is COc1ccc(-c2nsc(NC(=O)COc3ccccc3[N+](=O)[O-])n2)cc1OC. The number of nitrogens with zero attached hydrogens (tertiary/aromatic N) is 3. The summed E-state index contributed by atoms with van der Waals surface area (Å²) in [6.45, 7) is -0.407. The molecule has 0 saturated carbocycles. The number of rotatable bonds is 8. The van der Waals surface area contributed by atoms with E-state index in [1.807, 2.05) is 0 Å². The summed E-state index contributed by atoms with van der Waals surface area (Å²) < 4.78 is 19.9. The molecule has 2 aromatic carbocycles. The number of carbonyl (C=O) groups is 1. The van der Waals surface area contributed by atoms with Crippen LogP contribution in [-0.2, 0) is 4.79 Å². The Bertz CT molecular complexity index is 1040. The lowest BCUT2D eigenvalue weighted by molar-refractivity contribution is -0.385. The summed E-state index contributed by atoms with van der Waals surface area (Å²) in [6.07, 6.45) is 0. The zero-order chi connectivity index (χ0) is 20.8. The highest BCUT2D eigenvalue weighted by molar-refractivity contribution is 7.10. The summed E-state index contributed by atoms with van der Waals surface area (Å²) >= 11 is 0.997. The van der Waals surface area contributed by atoms with Gasteiger partial charge in [-0.1, -0.05) is 12.1 Å². The van der Waals surface area contributed by atoms with Crippen LogP contribution < -0.4 is 19.5 Å². The highest BCUT2D eigenvalue weighted by Crippen LogP contribution is 2.32. The van der Waals surface area contributed by atoms with Crippen LogP contribution in [0.25, 0.3) is 11.4 Å². The number of nitro groups is 1. The fourth-order valence-corrected chi connectivity index (χ4v) is 3.00. The summed E-state index contributed by atoms with van der Waals surface area (Å²) in [5, 5.41) is 13.8. The first-order chi connectivity index (χ1) is 14.0. The maximum Gasteiger partial charge on any atom is 0.310 e. The number of benzene rings is 2. The van der Waals surface area contributed by atoms with Gasteiger partial charge in [-0.25, -0.2) is 0 Å². The number of methoxy groups -OCH3 is 2. The van der Waals surface area contributed by atoms with Gasteiger partial charge in [-0.05, 0) is 24.3 Å². The quantitative estimate of drug-likeness (QED) is 0.438. The molecule has 11 heteroatoms. The van der Waals surface area contributed by atoms with Crippen LogP contribution in [0.3, 0.4) is 0 Å². The van der Waals surface area contributed by atoms with Gasteiger partial charge in [0.15, 0.2) is 29.7 Å². The van der Waals surface area contributed by atoms with Crippen molar-refractivity contribution in [3.05, 3.63) is 52.6 Å². The van der Waals surface area contributed by atoms with Crippen molar-refractivity contribution >= 4 is 28.3 Å². The molecule has 150 valence electrons. The Hall–Kier alpha value is -3.73. The van der Waals surface area contributed by atoms with Crippen LogP contribution in [0.4, 0.5) is 10.8 Å². The van der Waals surface area contributed by atoms with E-state index in [-0.39, 0.29) is 16.6 Å². The van der Waals surface area contributed by atoms with Gasteiger partial charge in [-0.15, -0.1) is 0 Å². The van der Waals surface area contributed by atoms with E-state index < -0.39 is 17.4 Å². The van der Waals surface area contributed by atoms with Crippen LogP contribution in [0.2, 0.25) is 0 Å². The molecule has 0 spiro atoms. The second-order valence-electron chi connectivity index (χ2n) is 5.55. The fraction of sp³-hybridized carbons (Fsp3) is 0.167. The van der Waals surface area contributed by atoms with Crippen molar-refractivity contribution in [3.8, 4) is 28.6 Å². The van der Waals surface area contributed by atoms with E-state index in [2.05, 4.69) is 14.7 Å². The number of hydrogen-bond donors (Lipinski definition) is 1. The molecule has 29 heavy (non-hydrogen) atoms. The first kappa shape index (κ1) is 20.0. The summed E-state index contributed by atoms with van der Waals surface area (Å²) in [5.41, 5.74) is 0.475. The molecule has 1 amide bonds. The first-order valence-electron chi connectivity index (χ1n) is 8.24. The van der Waals surface area contributed by atoms with Crippen LogP contribution in [0.1, 0.15) is 0 Å². The third-order valence-corrected chi connectivity index (χ3v) is 4.37. The van der Waals surface area contributed by atoms with Gasteiger partial charge in [0.05, 0.1) is 19.1 Å². The number of carbonyl (C=O) groups excluding carboxylic acids is 1. The molecule has 0 aliphatic heterocycles. The standard InChI is InChI=1S/C18H16N4O6S/c1-26-14-8-7-11(9-15(14)27-2)17-20-18(29-21-17)19-16(23)10-28-13-6-4-3-5-12(13)22(24)25/h3-9H,10H2,1-2H3,(H,19,20,21,23). The van der Waals surface area contributed by atoms with Gasteiger partial charge in [0.2, 0.25) is 5.13 Å². The molecule has 3 rings (SSSR count). The van der Waals surface area contributed by atoms with Crippen LogP contribution in [0.5, 0.6) is 17.2 Å². The summed E-state index contributed by atoms with van der Waals surface area (Å²) in [4.78, 5) is 26.8. The molecule has 0 fully saturated rings. The predicted molar refractivity (Wildman–Crippen MR) is 106 cm³/mol. The van der Waals surface area contributed by atoms with Gasteiger partial charge in [-0.3, -0.25) is 20.2 Å². The minimum absolute atomic E-state index is 0.0101. The average Bonchev–Trinajstić information content (AvgIpc) is 3.20. The molecule has 1 N–H and O–H groups in total. The molecular weight excluding hydrogens is 400 g/mol. The molecule has 0 radical (unpaired) electrons. The number of hydrogen-bond acceptors (Lipinski definition) is 9. The Labute approximate surface area is 169 Å². The summed E-state index contributed by atoms with van der Waals surface area (Å²) in [6, 6.07) is 11.0. The number of para-hydroxylation sites is 2. The minimum atomic E-state index is -0.576. The van der Waals surface area contributed by atoms with Crippen LogP contribution >= 0.6 is 11.5 Å². The second kappa shape index (κ2) is 8.97. The Morgan fingerprint density at radius 3 is 2.62 bits per heavy atom. The average molecular weight is 416 g/mol. The van der Waals surface area contributed by atoms with Gasteiger partial charge < -0.3 is 14.2 Å². The lowest BCUT2D eigenvalue weighted by Gasteiger charge is -2.07. The number of nitro benzene ring substituents is 1. The third kappa shape index (κ3) is 4.76. The van der Waals surface area contributed by atoms with E-state index in [0.717, 1.165) is 11.5 Å². The maximum atomic E-state index is 12.1. The number of amides is 1. The normalized spacial score (nSPS) is 10.3. The van der Waals surface area contributed by atoms with Crippen LogP contribution in [0.15, 0.2) is 42.5 Å². The molecule has 0 atom stereocenters. The lowest BCUT2D eigenvalue weighted by Crippen LogP contribution is -2.20. The number of aromatic nitrogens is 2. The number of anilines is 1. The van der Waals surface area contributed by atoms with Crippen molar-refractivity contribution < 1.29 is 23.9 Å². The van der Waals surface area contributed by atoms with E-state index in [1.54, 1.807) is 31.4 Å². The van der Waals surface area contributed by atoms with Crippen molar-refractivity contribution in [2.75, 3.05) is 26.1 Å². The lowest BCUT2D eigenvalue weighted by atomic mass is 10.2. The van der Waals surface area contributed by atoms with E-state index in [1.165, 1.54) is 25.3 Å². The smallest absolute Gasteiger partial charge is 0.310 e. The first-order valence-corrected chi connectivity index (χ1v) is 9.01. The number of ether oxygens (including phenoxy) is 3. The Kier molecular flexibility index (Phi) is 6.19. The van der Waals surface area contributed by atoms with Crippen molar-refractivity contribution in [2.45, 2.75) is 0 Å². The molecule has 0 bridgehead atoms. The van der Waals surface area contributed by atoms with Gasteiger partial charge in [0.1, 0.15) is 0 Å². The van der Waals surface area contributed by atoms with E-state index in [9.17, 15) is 14.9 Å². The van der Waals surface area contributed by atoms with Gasteiger partial charge in [0.25, 0.3) is 5.91 Å². The Morgan fingerprint density at radius 2 is 1.90 bits per heavy atom. The molecule has 0 aliphatic rings. The molecule has 0 aliphatic carbocycles. The monoisotopic (exact) mass is 416 g/mol. The van der Waals surface area contributed by atoms with Crippen molar-refractivity contribution in [2.24, 2.45) is 0 Å². The molecule has 1 aromatic heterocycles. The minimum Gasteiger partial charge on any atom is -0.493 e. The molecule has 3 aromatic rings. The molecule has 0 unspecified atom stereocenters. The van der Waals surface area contributed by atoms with Crippen LogP contribution in [-0.4, -0.2) is 41.0 Å². The second-order valence-corrected chi connectivity index (χ2v) is 6.31. The molecule has 1 heterocycles. The summed E-state index contributed by atoms with van der Waals surface area (Å²) in [5.74, 6) is 1.01. The van der Waals surface area contributed by atoms with Gasteiger partial charge in [-0.2, -0.15) is 9.36 Å². The fourth-order valence-electron chi connectivity index (χ4n) is 2.40. The van der Waals surface area contributed by atoms with Crippen LogP contribution in [0, 0.1) is 10.1 Å². The number of nitrogens with one attached hydrogen (secondary N) is 1. The topological polar surface area (TPSA) is 126 Å². The Balaban J connectivity index is 1.65. The van der Waals surface area contributed by atoms with E-state index in [0.29, 0.717) is 22.9 Å². The largest absolute Gasteiger partial charge is 0.493 e.